The maximum atomic E-state index is 12.1. The van der Waals surface area contributed by atoms with Crippen molar-refractivity contribution in [3.05, 3.63) is 58.6 Å². The highest BCUT2D eigenvalue weighted by atomic mass is 35.5. The van der Waals surface area contributed by atoms with E-state index >= 15 is 0 Å². The van der Waals surface area contributed by atoms with Gasteiger partial charge in [0, 0.05) is 28.3 Å². The predicted octanol–water partition coefficient (Wildman–Crippen LogP) is 4.52. The Bertz CT molecular complexity index is 835. The minimum absolute atomic E-state index is 0.135. The quantitative estimate of drug-likeness (QED) is 0.644. The van der Waals surface area contributed by atoms with Gasteiger partial charge in [0.05, 0.1) is 12.7 Å². The fraction of sp³-hybridized carbons (Fsp3) is 0.158. The van der Waals surface area contributed by atoms with Crippen molar-refractivity contribution in [2.75, 3.05) is 11.9 Å². The molecule has 1 aliphatic rings. The van der Waals surface area contributed by atoms with Gasteiger partial charge in [0.1, 0.15) is 5.75 Å². The molecule has 3 rings (SSSR count). The van der Waals surface area contributed by atoms with E-state index in [0.29, 0.717) is 30.0 Å². The van der Waals surface area contributed by atoms with Crippen LogP contribution in [-0.4, -0.2) is 12.5 Å². The zero-order valence-corrected chi connectivity index (χ0v) is 13.6. The maximum Gasteiger partial charge on any atom is 0.256 e. The van der Waals surface area contributed by atoms with Gasteiger partial charge in [-0.1, -0.05) is 23.7 Å². The summed E-state index contributed by atoms with van der Waals surface area (Å²) in [5.41, 5.74) is 3.07. The van der Waals surface area contributed by atoms with Crippen LogP contribution in [0.1, 0.15) is 24.0 Å². The standard InChI is InChI=1S/C19H15ClN2O2/c20-14-5-8-18-16(12-14)17(19(23)22-18)11-13-3-6-15(7-4-13)24-10-2-1-9-21/h3-8,11-12H,1-2,10H2,(H,22,23)/b17-11-. The lowest BCUT2D eigenvalue weighted by molar-refractivity contribution is -0.110. The molecular formula is C19H15ClN2O2. The number of anilines is 1. The molecule has 0 bridgehead atoms. The molecule has 1 heterocycles. The Balaban J connectivity index is 1.76. The molecule has 1 aliphatic heterocycles. The number of unbranched alkanes of at least 4 members (excludes halogenated alkanes) is 1. The van der Waals surface area contributed by atoms with Gasteiger partial charge < -0.3 is 10.1 Å². The Morgan fingerprint density at radius 1 is 1.21 bits per heavy atom. The van der Waals surface area contributed by atoms with Crippen LogP contribution in [0.4, 0.5) is 5.69 Å². The Morgan fingerprint density at radius 3 is 2.75 bits per heavy atom. The van der Waals surface area contributed by atoms with Crippen molar-refractivity contribution in [1.82, 2.24) is 0 Å². The summed E-state index contributed by atoms with van der Waals surface area (Å²) in [5, 5.41) is 11.9. The molecule has 0 aromatic heterocycles. The second-order valence-corrected chi connectivity index (χ2v) is 5.82. The summed E-state index contributed by atoms with van der Waals surface area (Å²) in [6, 6.07) is 14.9. The van der Waals surface area contributed by atoms with Crippen LogP contribution in [0.2, 0.25) is 5.02 Å². The minimum atomic E-state index is -0.135. The number of benzene rings is 2. The van der Waals surface area contributed by atoms with Gasteiger partial charge in [0.15, 0.2) is 0 Å². The zero-order valence-electron chi connectivity index (χ0n) is 12.9. The molecule has 120 valence electrons. The number of nitriles is 1. The van der Waals surface area contributed by atoms with Crippen molar-refractivity contribution in [1.29, 1.82) is 5.26 Å². The van der Waals surface area contributed by atoms with Crippen LogP contribution in [0.15, 0.2) is 42.5 Å². The summed E-state index contributed by atoms with van der Waals surface area (Å²) in [6.45, 7) is 0.516. The number of hydrogen-bond acceptors (Lipinski definition) is 3. The molecule has 0 unspecified atom stereocenters. The molecule has 0 spiro atoms. The Hall–Kier alpha value is -2.77. The number of nitrogens with one attached hydrogen (secondary N) is 1. The molecule has 0 saturated heterocycles. The van der Waals surface area contributed by atoms with Crippen LogP contribution in [0.25, 0.3) is 11.6 Å². The van der Waals surface area contributed by atoms with Crippen molar-refractivity contribution in [2.24, 2.45) is 0 Å². The number of amides is 1. The fourth-order valence-corrected chi connectivity index (χ4v) is 2.64. The average molecular weight is 339 g/mol. The first-order valence-corrected chi connectivity index (χ1v) is 7.98. The molecule has 5 heteroatoms. The molecule has 0 atom stereocenters. The van der Waals surface area contributed by atoms with Crippen LogP contribution >= 0.6 is 11.6 Å². The summed E-state index contributed by atoms with van der Waals surface area (Å²) in [7, 11) is 0. The Morgan fingerprint density at radius 2 is 2.00 bits per heavy atom. The number of carbonyl (C=O) groups excluding carboxylic acids is 1. The van der Waals surface area contributed by atoms with E-state index < -0.39 is 0 Å². The topological polar surface area (TPSA) is 62.1 Å². The van der Waals surface area contributed by atoms with Crippen molar-refractivity contribution >= 4 is 34.8 Å². The summed E-state index contributed by atoms with van der Waals surface area (Å²) in [5.74, 6) is 0.610. The van der Waals surface area contributed by atoms with E-state index in [-0.39, 0.29) is 5.91 Å². The third-order valence-corrected chi connectivity index (χ3v) is 3.89. The van der Waals surface area contributed by atoms with Crippen LogP contribution in [0.5, 0.6) is 5.75 Å². The molecule has 1 amide bonds. The van der Waals surface area contributed by atoms with Crippen molar-refractivity contribution in [2.45, 2.75) is 12.8 Å². The predicted molar refractivity (Wildman–Crippen MR) is 94.7 cm³/mol. The molecule has 2 aromatic carbocycles. The van der Waals surface area contributed by atoms with E-state index in [9.17, 15) is 4.79 Å². The molecule has 0 fully saturated rings. The van der Waals surface area contributed by atoms with Gasteiger partial charge in [-0.2, -0.15) is 5.26 Å². The van der Waals surface area contributed by atoms with Gasteiger partial charge in [-0.3, -0.25) is 4.79 Å². The number of carbonyl (C=O) groups is 1. The Kier molecular flexibility index (Phi) is 4.83. The monoisotopic (exact) mass is 338 g/mol. The highest BCUT2D eigenvalue weighted by molar-refractivity contribution is 6.36. The molecule has 0 radical (unpaired) electrons. The SMILES string of the molecule is N#CCCCOc1ccc(/C=C2\C(=O)Nc3ccc(Cl)cc32)cc1. The summed E-state index contributed by atoms with van der Waals surface area (Å²) >= 11 is 6.03. The smallest absolute Gasteiger partial charge is 0.256 e. The average Bonchev–Trinajstić information content (AvgIpc) is 2.88. The lowest BCUT2D eigenvalue weighted by Gasteiger charge is -2.05. The second-order valence-electron chi connectivity index (χ2n) is 5.38. The number of nitrogens with zero attached hydrogens (tertiary/aromatic N) is 1. The van der Waals surface area contributed by atoms with Crippen molar-refractivity contribution in [3.63, 3.8) is 0 Å². The van der Waals surface area contributed by atoms with Gasteiger partial charge >= 0.3 is 0 Å². The second kappa shape index (κ2) is 7.20. The van der Waals surface area contributed by atoms with Crippen LogP contribution < -0.4 is 10.1 Å². The van der Waals surface area contributed by atoms with Crippen LogP contribution in [0.3, 0.4) is 0 Å². The Labute approximate surface area is 145 Å². The fourth-order valence-electron chi connectivity index (χ4n) is 2.47. The third kappa shape index (κ3) is 3.58. The summed E-state index contributed by atoms with van der Waals surface area (Å²) < 4.78 is 5.56. The number of halogens is 1. The number of fused-ring (bicyclic) bond motifs is 1. The largest absolute Gasteiger partial charge is 0.494 e. The third-order valence-electron chi connectivity index (χ3n) is 3.66. The lowest BCUT2D eigenvalue weighted by Crippen LogP contribution is -2.03. The van der Waals surface area contributed by atoms with Crippen LogP contribution in [-0.2, 0) is 4.79 Å². The molecule has 1 N–H and O–H groups in total. The molecule has 4 nitrogen and oxygen atoms in total. The number of rotatable bonds is 5. The first-order chi connectivity index (χ1) is 11.7. The van der Waals surface area contributed by atoms with E-state index in [0.717, 1.165) is 22.6 Å². The first-order valence-electron chi connectivity index (χ1n) is 7.60. The van der Waals surface area contributed by atoms with E-state index in [1.54, 1.807) is 18.2 Å². The number of ether oxygens (including phenoxy) is 1. The lowest BCUT2D eigenvalue weighted by atomic mass is 10.0. The van der Waals surface area contributed by atoms with Gasteiger partial charge in [-0.15, -0.1) is 0 Å². The summed E-state index contributed by atoms with van der Waals surface area (Å²) in [6.07, 6.45) is 3.03. The van der Waals surface area contributed by atoms with Crippen molar-refractivity contribution in [3.8, 4) is 11.8 Å². The van der Waals surface area contributed by atoms with E-state index in [1.807, 2.05) is 30.3 Å². The van der Waals surface area contributed by atoms with Crippen molar-refractivity contribution < 1.29 is 9.53 Å². The first kappa shape index (κ1) is 16.1. The molecule has 24 heavy (non-hydrogen) atoms. The molecular weight excluding hydrogens is 324 g/mol. The van der Waals surface area contributed by atoms with E-state index in [1.165, 1.54) is 0 Å². The molecule has 2 aromatic rings. The zero-order chi connectivity index (χ0) is 16.9. The van der Waals surface area contributed by atoms with E-state index in [2.05, 4.69) is 11.4 Å². The van der Waals surface area contributed by atoms with Crippen LogP contribution in [0, 0.1) is 11.3 Å². The van der Waals surface area contributed by atoms with Gasteiger partial charge in [-0.25, -0.2) is 0 Å². The highest BCUT2D eigenvalue weighted by Crippen LogP contribution is 2.35. The molecule has 0 aliphatic carbocycles. The normalized spacial score (nSPS) is 14.2. The molecule has 0 saturated carbocycles. The summed E-state index contributed by atoms with van der Waals surface area (Å²) in [4.78, 5) is 12.1. The van der Waals surface area contributed by atoms with Gasteiger partial charge in [0.25, 0.3) is 5.91 Å². The number of hydrogen-bond donors (Lipinski definition) is 1. The van der Waals surface area contributed by atoms with E-state index in [4.69, 9.17) is 21.6 Å². The van der Waals surface area contributed by atoms with Gasteiger partial charge in [0.2, 0.25) is 0 Å². The maximum absolute atomic E-state index is 12.1. The van der Waals surface area contributed by atoms with Gasteiger partial charge in [-0.05, 0) is 48.4 Å². The minimum Gasteiger partial charge on any atom is -0.494 e. The highest BCUT2D eigenvalue weighted by Gasteiger charge is 2.24.